The van der Waals surface area contributed by atoms with Crippen molar-refractivity contribution < 1.29 is 18.8 Å². The van der Waals surface area contributed by atoms with Gasteiger partial charge in [-0.2, -0.15) is 0 Å². The maximum absolute atomic E-state index is 13.2. The highest BCUT2D eigenvalue weighted by molar-refractivity contribution is 6.33. The normalized spacial score (nSPS) is 25.0. The third-order valence-electron chi connectivity index (χ3n) is 6.13. The zero-order chi connectivity index (χ0) is 21.7. The summed E-state index contributed by atoms with van der Waals surface area (Å²) in [6, 6.07) is 12.0. The lowest BCUT2D eigenvalue weighted by Crippen LogP contribution is -2.55. The van der Waals surface area contributed by atoms with E-state index < -0.39 is 17.9 Å². The summed E-state index contributed by atoms with van der Waals surface area (Å²) in [5, 5.41) is 2.74. The highest BCUT2D eigenvalue weighted by atomic mass is 35.5. The van der Waals surface area contributed by atoms with Gasteiger partial charge in [-0.3, -0.25) is 9.69 Å². The number of piperazine rings is 1. The molecule has 0 aromatic heterocycles. The van der Waals surface area contributed by atoms with E-state index in [2.05, 4.69) is 5.32 Å². The molecule has 2 aromatic carbocycles. The summed E-state index contributed by atoms with van der Waals surface area (Å²) in [6.45, 7) is 0.675. The molecule has 3 atom stereocenters. The minimum Gasteiger partial charge on any atom is -0.320 e. The van der Waals surface area contributed by atoms with E-state index in [0.717, 1.165) is 18.1 Å². The second-order valence-electron chi connectivity index (χ2n) is 8.02. The molecule has 3 fully saturated rings. The molecule has 5 amide bonds. The first-order valence-corrected chi connectivity index (χ1v) is 10.5. The monoisotopic (exact) mass is 442 g/mol. The third-order valence-corrected chi connectivity index (χ3v) is 6.44. The quantitative estimate of drug-likeness (QED) is 0.739. The highest BCUT2D eigenvalue weighted by Gasteiger charge is 2.56. The maximum atomic E-state index is 13.2. The predicted molar refractivity (Wildman–Crippen MR) is 112 cm³/mol. The third kappa shape index (κ3) is 3.50. The molecule has 2 aliphatic heterocycles. The predicted octanol–water partition coefficient (Wildman–Crippen LogP) is 3.52. The fraction of sp³-hybridized carbons (Fsp3) is 0.318. The van der Waals surface area contributed by atoms with E-state index in [1.54, 1.807) is 4.90 Å². The van der Waals surface area contributed by atoms with Gasteiger partial charge in [-0.05, 0) is 30.2 Å². The SMILES string of the molecule is O=C(Nc1ccc(F)cc1Cl)N1CCN2C(=O)N([C@H]3C[C@@H]3c3ccccc3)C(=O)C2C1. The fourth-order valence-corrected chi connectivity index (χ4v) is 4.63. The molecule has 3 aliphatic rings. The van der Waals surface area contributed by atoms with Crippen molar-refractivity contribution in [3.63, 3.8) is 0 Å². The second-order valence-corrected chi connectivity index (χ2v) is 8.43. The molecule has 1 aliphatic carbocycles. The van der Waals surface area contributed by atoms with Gasteiger partial charge in [0.25, 0.3) is 5.91 Å². The largest absolute Gasteiger partial charge is 0.327 e. The van der Waals surface area contributed by atoms with Crippen LogP contribution in [0.4, 0.5) is 19.7 Å². The van der Waals surface area contributed by atoms with E-state index in [9.17, 15) is 18.8 Å². The number of nitrogens with one attached hydrogen (secondary N) is 1. The van der Waals surface area contributed by atoms with Crippen molar-refractivity contribution in [2.75, 3.05) is 25.0 Å². The summed E-state index contributed by atoms with van der Waals surface area (Å²) in [5.41, 5.74) is 1.41. The number of carbonyl (C=O) groups is 3. The molecule has 1 unspecified atom stereocenters. The Morgan fingerprint density at radius 3 is 2.61 bits per heavy atom. The zero-order valence-corrected chi connectivity index (χ0v) is 17.3. The zero-order valence-electron chi connectivity index (χ0n) is 16.5. The minimum absolute atomic E-state index is 0.0889. The lowest BCUT2D eigenvalue weighted by molar-refractivity contribution is -0.129. The summed E-state index contributed by atoms with van der Waals surface area (Å²) >= 11 is 5.98. The molecule has 0 radical (unpaired) electrons. The number of carbonyl (C=O) groups excluding carboxylic acids is 3. The summed E-state index contributed by atoms with van der Waals surface area (Å²) in [4.78, 5) is 43.1. The van der Waals surface area contributed by atoms with Gasteiger partial charge in [0.1, 0.15) is 11.9 Å². The molecule has 0 spiro atoms. The van der Waals surface area contributed by atoms with E-state index in [4.69, 9.17) is 11.6 Å². The van der Waals surface area contributed by atoms with Crippen LogP contribution in [0.5, 0.6) is 0 Å². The number of amides is 5. The molecule has 31 heavy (non-hydrogen) atoms. The highest BCUT2D eigenvalue weighted by Crippen LogP contribution is 2.46. The molecule has 2 saturated heterocycles. The van der Waals surface area contributed by atoms with Gasteiger partial charge >= 0.3 is 12.1 Å². The molecule has 0 bridgehead atoms. The molecule has 1 saturated carbocycles. The summed E-state index contributed by atoms with van der Waals surface area (Å²) in [6.07, 6.45) is 0.759. The summed E-state index contributed by atoms with van der Waals surface area (Å²) in [7, 11) is 0. The molecular formula is C22H20ClFN4O3. The van der Waals surface area contributed by atoms with Crippen LogP contribution in [0.15, 0.2) is 48.5 Å². The molecule has 1 N–H and O–H groups in total. The number of benzene rings is 2. The number of hydrogen-bond acceptors (Lipinski definition) is 3. The Kier molecular flexibility index (Phi) is 4.81. The number of urea groups is 2. The van der Waals surface area contributed by atoms with E-state index in [1.807, 2.05) is 30.3 Å². The lowest BCUT2D eigenvalue weighted by atomic mass is 10.1. The van der Waals surface area contributed by atoms with Crippen LogP contribution in [0.2, 0.25) is 5.02 Å². The second kappa shape index (κ2) is 7.53. The molecule has 7 nitrogen and oxygen atoms in total. The van der Waals surface area contributed by atoms with Gasteiger partial charge in [-0.15, -0.1) is 0 Å². The number of fused-ring (bicyclic) bond motifs is 1. The average Bonchev–Trinajstić information content (AvgIpc) is 3.51. The summed E-state index contributed by atoms with van der Waals surface area (Å²) < 4.78 is 13.2. The van der Waals surface area contributed by atoms with Crippen molar-refractivity contribution >= 4 is 35.3 Å². The van der Waals surface area contributed by atoms with Gasteiger partial charge in [0.15, 0.2) is 0 Å². The molecule has 160 valence electrons. The van der Waals surface area contributed by atoms with Crippen LogP contribution in [0.25, 0.3) is 0 Å². The number of halogens is 2. The van der Waals surface area contributed by atoms with E-state index >= 15 is 0 Å². The Labute approximate surface area is 183 Å². The van der Waals surface area contributed by atoms with Crippen molar-refractivity contribution in [1.82, 2.24) is 14.7 Å². The number of hydrogen-bond donors (Lipinski definition) is 1. The van der Waals surface area contributed by atoms with Crippen LogP contribution in [0.1, 0.15) is 17.9 Å². The van der Waals surface area contributed by atoms with Crippen LogP contribution in [0.3, 0.4) is 0 Å². The minimum atomic E-state index is -0.687. The Hall–Kier alpha value is -3.13. The van der Waals surface area contributed by atoms with E-state index in [1.165, 1.54) is 21.9 Å². The van der Waals surface area contributed by atoms with Gasteiger partial charge in [-0.25, -0.2) is 14.0 Å². The average molecular weight is 443 g/mol. The van der Waals surface area contributed by atoms with Crippen LogP contribution in [0, 0.1) is 5.82 Å². The van der Waals surface area contributed by atoms with Gasteiger partial charge in [0, 0.05) is 25.0 Å². The molecular weight excluding hydrogens is 423 g/mol. The topological polar surface area (TPSA) is 73.0 Å². The van der Waals surface area contributed by atoms with Crippen LogP contribution in [-0.2, 0) is 4.79 Å². The van der Waals surface area contributed by atoms with Gasteiger partial charge in [-0.1, -0.05) is 41.9 Å². The maximum Gasteiger partial charge on any atom is 0.327 e. The van der Waals surface area contributed by atoms with Crippen LogP contribution >= 0.6 is 11.6 Å². The van der Waals surface area contributed by atoms with Crippen LogP contribution < -0.4 is 5.32 Å². The molecule has 2 heterocycles. The lowest BCUT2D eigenvalue weighted by Gasteiger charge is -2.35. The van der Waals surface area contributed by atoms with E-state index in [-0.39, 0.29) is 47.7 Å². The first-order valence-electron chi connectivity index (χ1n) is 10.1. The smallest absolute Gasteiger partial charge is 0.320 e. The Morgan fingerprint density at radius 1 is 1.10 bits per heavy atom. The van der Waals surface area contributed by atoms with Crippen molar-refractivity contribution in [2.45, 2.75) is 24.4 Å². The van der Waals surface area contributed by atoms with Crippen molar-refractivity contribution in [1.29, 1.82) is 0 Å². The first-order chi connectivity index (χ1) is 14.9. The van der Waals surface area contributed by atoms with Crippen molar-refractivity contribution in [3.8, 4) is 0 Å². The fourth-order valence-electron chi connectivity index (χ4n) is 4.42. The number of imide groups is 1. The number of nitrogens with zero attached hydrogens (tertiary/aromatic N) is 3. The van der Waals surface area contributed by atoms with Gasteiger partial charge in [0.2, 0.25) is 0 Å². The number of rotatable bonds is 3. The number of anilines is 1. The van der Waals surface area contributed by atoms with Gasteiger partial charge < -0.3 is 15.1 Å². The summed E-state index contributed by atoms with van der Waals surface area (Å²) in [5.74, 6) is -0.595. The van der Waals surface area contributed by atoms with Gasteiger partial charge in [0.05, 0.1) is 17.3 Å². The first kappa shape index (κ1) is 19.8. The Balaban J connectivity index is 1.26. The standard InChI is InChI=1S/C22H20ClFN4O3/c23-16-10-14(24)6-7-17(16)25-21(30)26-8-9-27-19(12-26)20(29)28(22(27)31)18-11-15(18)13-4-2-1-3-5-13/h1-7,10,15,18-19H,8-9,11-12H2,(H,25,30)/t15-,18+,19?/m1/s1. The van der Waals surface area contributed by atoms with Crippen LogP contribution in [-0.4, -0.2) is 64.4 Å². The van der Waals surface area contributed by atoms with Crippen molar-refractivity contribution in [2.24, 2.45) is 0 Å². The Bertz CT molecular complexity index is 1070. The van der Waals surface area contributed by atoms with E-state index in [0.29, 0.717) is 6.54 Å². The molecule has 5 rings (SSSR count). The molecule has 9 heteroatoms. The van der Waals surface area contributed by atoms with Crippen molar-refractivity contribution in [3.05, 3.63) is 64.9 Å². The molecule has 2 aromatic rings. The Morgan fingerprint density at radius 2 is 1.87 bits per heavy atom.